The molecule has 0 radical (unpaired) electrons. The molecule has 0 aliphatic heterocycles. The molecule has 1 saturated carbocycles. The van der Waals surface area contributed by atoms with Gasteiger partial charge in [-0.2, -0.15) is 13.2 Å². The van der Waals surface area contributed by atoms with Gasteiger partial charge in [-0.1, -0.05) is 24.3 Å². The lowest BCUT2D eigenvalue weighted by Gasteiger charge is -2.18. The molecule has 0 spiro atoms. The van der Waals surface area contributed by atoms with E-state index in [1.807, 2.05) is 0 Å². The van der Waals surface area contributed by atoms with Gasteiger partial charge in [0.15, 0.2) is 0 Å². The Morgan fingerprint density at radius 1 is 1.28 bits per heavy atom. The van der Waals surface area contributed by atoms with Crippen molar-refractivity contribution < 1.29 is 13.2 Å². The molecule has 0 unspecified atom stereocenters. The van der Waals surface area contributed by atoms with Crippen LogP contribution in [0.4, 0.5) is 13.2 Å². The van der Waals surface area contributed by atoms with Gasteiger partial charge in [0.1, 0.15) is 0 Å². The molecule has 0 aromatic heterocycles. The van der Waals surface area contributed by atoms with Crippen molar-refractivity contribution in [2.24, 2.45) is 5.92 Å². The lowest BCUT2D eigenvalue weighted by atomic mass is 9.86. The first-order valence-electron chi connectivity index (χ1n) is 5.82. The first kappa shape index (κ1) is 13.4. The molecular weight excluding hydrogens is 257 g/mol. The minimum absolute atomic E-state index is 0.0837. The van der Waals surface area contributed by atoms with Gasteiger partial charge in [0, 0.05) is 16.4 Å². The molecule has 0 bridgehead atoms. The second kappa shape index (κ2) is 5.27. The summed E-state index contributed by atoms with van der Waals surface area (Å²) < 4.78 is 37.3. The summed E-state index contributed by atoms with van der Waals surface area (Å²) in [4.78, 5) is 0.203. The van der Waals surface area contributed by atoms with Crippen LogP contribution in [0.5, 0.6) is 0 Å². The Labute approximate surface area is 109 Å². The van der Waals surface area contributed by atoms with Crippen LogP contribution in [0.15, 0.2) is 23.1 Å². The molecule has 96 valence electrons. The van der Waals surface area contributed by atoms with Gasteiger partial charge in [-0.25, -0.2) is 0 Å². The number of halogens is 3. The molecule has 0 saturated heterocycles. The average molecular weight is 270 g/mol. The van der Waals surface area contributed by atoms with Crippen LogP contribution in [-0.2, 0) is 0 Å². The lowest BCUT2D eigenvalue weighted by molar-refractivity contribution is -0.0328. The van der Waals surface area contributed by atoms with Crippen LogP contribution in [0.2, 0.25) is 0 Å². The van der Waals surface area contributed by atoms with Crippen LogP contribution in [-0.4, -0.2) is 5.51 Å². The van der Waals surface area contributed by atoms with Crippen LogP contribution < -0.4 is 0 Å². The van der Waals surface area contributed by atoms with Crippen molar-refractivity contribution in [3.8, 4) is 11.8 Å². The summed E-state index contributed by atoms with van der Waals surface area (Å²) in [5, 5.41) is 0. The van der Waals surface area contributed by atoms with Gasteiger partial charge < -0.3 is 0 Å². The molecule has 0 N–H and O–H groups in total. The number of hydrogen-bond acceptors (Lipinski definition) is 1. The number of aryl methyl sites for hydroxylation is 1. The van der Waals surface area contributed by atoms with E-state index in [2.05, 4.69) is 11.8 Å². The van der Waals surface area contributed by atoms with E-state index in [0.29, 0.717) is 11.5 Å². The highest BCUT2D eigenvalue weighted by molar-refractivity contribution is 8.00. The number of benzene rings is 1. The summed E-state index contributed by atoms with van der Waals surface area (Å²) >= 11 is -0.0837. The third-order valence-corrected chi connectivity index (χ3v) is 3.67. The zero-order chi connectivity index (χ0) is 13.2. The molecule has 1 aliphatic carbocycles. The summed E-state index contributed by atoms with van der Waals surface area (Å²) in [5.74, 6) is 6.31. The highest BCUT2D eigenvalue weighted by Crippen LogP contribution is 2.38. The third kappa shape index (κ3) is 3.71. The fourth-order valence-corrected chi connectivity index (χ4v) is 2.40. The van der Waals surface area contributed by atoms with Crippen molar-refractivity contribution >= 4 is 11.8 Å². The van der Waals surface area contributed by atoms with Gasteiger partial charge in [-0.3, -0.25) is 0 Å². The highest BCUT2D eigenvalue weighted by atomic mass is 32.2. The number of hydrogen-bond donors (Lipinski definition) is 0. The number of alkyl halides is 3. The third-order valence-electron chi connectivity index (χ3n) is 2.88. The normalized spacial score (nSPS) is 15.8. The second-order valence-electron chi connectivity index (χ2n) is 4.44. The Kier molecular flexibility index (Phi) is 3.91. The Hall–Kier alpha value is -1.08. The molecule has 1 fully saturated rings. The molecule has 18 heavy (non-hydrogen) atoms. The van der Waals surface area contributed by atoms with Gasteiger partial charge in [0.25, 0.3) is 0 Å². The van der Waals surface area contributed by atoms with E-state index in [1.54, 1.807) is 25.1 Å². The monoisotopic (exact) mass is 270 g/mol. The van der Waals surface area contributed by atoms with E-state index in [9.17, 15) is 13.2 Å². The largest absolute Gasteiger partial charge is 0.446 e. The highest BCUT2D eigenvalue weighted by Gasteiger charge is 2.30. The van der Waals surface area contributed by atoms with Crippen molar-refractivity contribution in [3.63, 3.8) is 0 Å². The van der Waals surface area contributed by atoms with E-state index in [1.165, 1.54) is 6.42 Å². The summed E-state index contributed by atoms with van der Waals surface area (Å²) in [6, 6.07) is 5.02. The van der Waals surface area contributed by atoms with Gasteiger partial charge in [0.2, 0.25) is 0 Å². The maximum Gasteiger partial charge on any atom is 0.446 e. The molecule has 0 amide bonds. The zero-order valence-electron chi connectivity index (χ0n) is 9.97. The second-order valence-corrected chi connectivity index (χ2v) is 5.55. The Morgan fingerprint density at radius 3 is 2.56 bits per heavy atom. The van der Waals surface area contributed by atoms with E-state index >= 15 is 0 Å². The molecule has 1 aromatic rings. The van der Waals surface area contributed by atoms with Crippen LogP contribution in [0.25, 0.3) is 0 Å². The Bertz CT molecular complexity index is 490. The van der Waals surface area contributed by atoms with E-state index in [4.69, 9.17) is 0 Å². The maximum absolute atomic E-state index is 12.4. The van der Waals surface area contributed by atoms with Crippen LogP contribution in [0.3, 0.4) is 0 Å². The minimum atomic E-state index is -4.26. The first-order chi connectivity index (χ1) is 8.44. The molecule has 1 aliphatic rings. The summed E-state index contributed by atoms with van der Waals surface area (Å²) in [6.07, 6.45) is 3.32. The van der Waals surface area contributed by atoms with Crippen LogP contribution in [0.1, 0.15) is 30.4 Å². The Balaban J connectivity index is 2.24. The topological polar surface area (TPSA) is 0 Å². The molecular formula is C14H13F3S. The summed E-state index contributed by atoms with van der Waals surface area (Å²) in [5.41, 5.74) is -2.97. The molecule has 0 nitrogen and oxygen atoms in total. The first-order valence-corrected chi connectivity index (χ1v) is 6.63. The maximum atomic E-state index is 12.4. The van der Waals surface area contributed by atoms with Crippen LogP contribution in [0, 0.1) is 24.7 Å². The van der Waals surface area contributed by atoms with Crippen molar-refractivity contribution in [1.29, 1.82) is 0 Å². The van der Waals surface area contributed by atoms with Crippen LogP contribution >= 0.6 is 11.8 Å². The minimum Gasteiger partial charge on any atom is -0.160 e. The molecule has 0 heterocycles. The predicted octanol–water partition coefficient (Wildman–Crippen LogP) is 4.76. The van der Waals surface area contributed by atoms with Crippen molar-refractivity contribution in [3.05, 3.63) is 29.3 Å². The molecule has 0 atom stereocenters. The predicted molar refractivity (Wildman–Crippen MR) is 67.3 cm³/mol. The van der Waals surface area contributed by atoms with Gasteiger partial charge in [-0.05, 0) is 49.2 Å². The van der Waals surface area contributed by atoms with Gasteiger partial charge in [0.05, 0.1) is 0 Å². The molecule has 2 rings (SSSR count). The van der Waals surface area contributed by atoms with Gasteiger partial charge >= 0.3 is 5.51 Å². The SMILES string of the molecule is Cc1ccc(C#CC2CCC2)c(SC(F)(F)F)c1. The summed E-state index contributed by atoms with van der Waals surface area (Å²) in [6.45, 7) is 1.78. The standard InChI is InChI=1S/C14H13F3S/c1-10-5-7-12(8-6-11-3-2-4-11)13(9-10)18-14(15,16)17/h5,7,9,11H,2-4H2,1H3. The number of rotatable bonds is 1. The van der Waals surface area contributed by atoms with Gasteiger partial charge in [-0.15, -0.1) is 0 Å². The van der Waals surface area contributed by atoms with Crippen molar-refractivity contribution in [2.45, 2.75) is 36.6 Å². The fraction of sp³-hybridized carbons (Fsp3) is 0.429. The van der Waals surface area contributed by atoms with E-state index in [-0.39, 0.29) is 16.7 Å². The lowest BCUT2D eigenvalue weighted by Crippen LogP contribution is -2.07. The quantitative estimate of drug-likeness (QED) is 0.524. The van der Waals surface area contributed by atoms with E-state index in [0.717, 1.165) is 18.4 Å². The Morgan fingerprint density at radius 2 is 2.00 bits per heavy atom. The van der Waals surface area contributed by atoms with Crippen molar-refractivity contribution in [1.82, 2.24) is 0 Å². The van der Waals surface area contributed by atoms with Crippen molar-refractivity contribution in [2.75, 3.05) is 0 Å². The fourth-order valence-electron chi connectivity index (χ4n) is 1.67. The zero-order valence-corrected chi connectivity index (χ0v) is 10.8. The number of thioether (sulfide) groups is 1. The van der Waals surface area contributed by atoms with E-state index < -0.39 is 5.51 Å². The molecule has 1 aromatic carbocycles. The molecule has 4 heteroatoms. The smallest absolute Gasteiger partial charge is 0.160 e. The average Bonchev–Trinajstić information content (AvgIpc) is 2.16. The summed E-state index contributed by atoms with van der Waals surface area (Å²) in [7, 11) is 0.